The number of nitro groups is 1. The summed E-state index contributed by atoms with van der Waals surface area (Å²) in [6.07, 6.45) is 0. The molecule has 0 amide bonds. The summed E-state index contributed by atoms with van der Waals surface area (Å²) in [7, 11) is 0. The minimum absolute atomic E-state index is 0.0155. The van der Waals surface area contributed by atoms with Gasteiger partial charge in [-0.25, -0.2) is 0 Å². The highest BCUT2D eigenvalue weighted by molar-refractivity contribution is 6.35. The van der Waals surface area contributed by atoms with E-state index in [0.717, 1.165) is 0 Å². The summed E-state index contributed by atoms with van der Waals surface area (Å²) in [5, 5.41) is 11.9. The molecule has 0 N–H and O–H groups in total. The van der Waals surface area contributed by atoms with E-state index in [1.807, 2.05) is 0 Å². The fourth-order valence-electron chi connectivity index (χ4n) is 1.40. The number of rotatable bonds is 3. The zero-order valence-electron chi connectivity index (χ0n) is 9.27. The molecule has 0 heterocycles. The number of nitrogens with zero attached hydrogens (tertiary/aromatic N) is 1. The van der Waals surface area contributed by atoms with E-state index in [1.165, 1.54) is 30.3 Å². The molecule has 2 aromatic rings. The van der Waals surface area contributed by atoms with Crippen molar-refractivity contribution in [3.63, 3.8) is 0 Å². The Morgan fingerprint density at radius 3 is 2.21 bits per heavy atom. The van der Waals surface area contributed by atoms with Gasteiger partial charge in [-0.3, -0.25) is 10.1 Å². The molecule has 0 unspecified atom stereocenters. The van der Waals surface area contributed by atoms with Crippen molar-refractivity contribution in [1.82, 2.24) is 0 Å². The summed E-state index contributed by atoms with van der Waals surface area (Å²) in [5.41, 5.74) is -0.199. The van der Waals surface area contributed by atoms with Gasteiger partial charge in [0.15, 0.2) is 0 Å². The van der Waals surface area contributed by atoms with Gasteiger partial charge < -0.3 is 4.74 Å². The summed E-state index contributed by atoms with van der Waals surface area (Å²) in [5.74, 6) is 0.276. The van der Waals surface area contributed by atoms with Crippen molar-refractivity contribution in [3.8, 4) is 11.5 Å². The molecule has 0 aromatic heterocycles. The zero-order chi connectivity index (χ0) is 14.0. The van der Waals surface area contributed by atoms with Gasteiger partial charge in [-0.2, -0.15) is 0 Å². The Bertz CT molecular complexity index is 646. The van der Waals surface area contributed by atoms with Crippen LogP contribution in [0.2, 0.25) is 15.1 Å². The fourth-order valence-corrected chi connectivity index (χ4v) is 2.01. The molecule has 19 heavy (non-hydrogen) atoms. The molecule has 98 valence electrons. The molecular weight excluding hydrogens is 312 g/mol. The lowest BCUT2D eigenvalue weighted by Crippen LogP contribution is -1.93. The van der Waals surface area contributed by atoms with Crippen LogP contribution in [-0.4, -0.2) is 4.92 Å². The molecule has 0 radical (unpaired) electrons. The second-order valence-electron chi connectivity index (χ2n) is 3.55. The van der Waals surface area contributed by atoms with Gasteiger partial charge in [-0.15, -0.1) is 0 Å². The number of hydrogen-bond donors (Lipinski definition) is 0. The van der Waals surface area contributed by atoms with Gasteiger partial charge in [0.25, 0.3) is 0 Å². The summed E-state index contributed by atoms with van der Waals surface area (Å²) in [6.45, 7) is 0. The van der Waals surface area contributed by atoms with Crippen LogP contribution in [0.25, 0.3) is 0 Å². The van der Waals surface area contributed by atoms with E-state index in [1.54, 1.807) is 6.07 Å². The standard InChI is InChI=1S/C12H6Cl3NO3/c13-7-2-4-11(9(15)5-7)19-12-6-8(14)1-3-10(12)16(17)18/h1-6H. The van der Waals surface area contributed by atoms with Crippen molar-refractivity contribution in [1.29, 1.82) is 0 Å². The van der Waals surface area contributed by atoms with Crippen LogP contribution in [0, 0.1) is 10.1 Å². The number of ether oxygens (including phenoxy) is 1. The van der Waals surface area contributed by atoms with Gasteiger partial charge in [0.2, 0.25) is 5.75 Å². The summed E-state index contributed by atoms with van der Waals surface area (Å²) in [4.78, 5) is 10.3. The first kappa shape index (κ1) is 13.9. The van der Waals surface area contributed by atoms with Crippen LogP contribution in [0.4, 0.5) is 5.69 Å². The van der Waals surface area contributed by atoms with Crippen LogP contribution in [0.1, 0.15) is 0 Å². The van der Waals surface area contributed by atoms with Gasteiger partial charge >= 0.3 is 5.69 Å². The first-order valence-electron chi connectivity index (χ1n) is 5.04. The van der Waals surface area contributed by atoms with Crippen molar-refractivity contribution in [2.24, 2.45) is 0 Å². The second kappa shape index (κ2) is 5.65. The maximum Gasteiger partial charge on any atom is 0.311 e. The number of halogens is 3. The van der Waals surface area contributed by atoms with E-state index in [-0.39, 0.29) is 22.2 Å². The average molecular weight is 319 g/mol. The number of hydrogen-bond acceptors (Lipinski definition) is 3. The molecule has 7 heteroatoms. The van der Waals surface area contributed by atoms with E-state index in [4.69, 9.17) is 39.5 Å². The van der Waals surface area contributed by atoms with Crippen LogP contribution in [0.3, 0.4) is 0 Å². The minimum Gasteiger partial charge on any atom is -0.449 e. The normalized spacial score (nSPS) is 10.3. The van der Waals surface area contributed by atoms with E-state index in [0.29, 0.717) is 10.0 Å². The third-order valence-electron chi connectivity index (χ3n) is 2.23. The Kier molecular flexibility index (Phi) is 4.14. The number of benzene rings is 2. The lowest BCUT2D eigenvalue weighted by atomic mass is 10.3. The maximum absolute atomic E-state index is 10.9. The lowest BCUT2D eigenvalue weighted by Gasteiger charge is -2.08. The Morgan fingerprint density at radius 2 is 1.58 bits per heavy atom. The topological polar surface area (TPSA) is 52.4 Å². The van der Waals surface area contributed by atoms with Crippen molar-refractivity contribution in [3.05, 3.63) is 61.6 Å². The quantitative estimate of drug-likeness (QED) is 0.566. The Balaban J connectivity index is 2.42. The van der Waals surface area contributed by atoms with Crippen molar-refractivity contribution in [2.75, 3.05) is 0 Å². The average Bonchev–Trinajstić information content (AvgIpc) is 2.32. The Labute approximate surface area is 123 Å². The summed E-state index contributed by atoms with van der Waals surface area (Å²) >= 11 is 17.5. The fraction of sp³-hybridized carbons (Fsp3) is 0. The molecule has 0 aliphatic carbocycles. The van der Waals surface area contributed by atoms with E-state index in [2.05, 4.69) is 0 Å². The smallest absolute Gasteiger partial charge is 0.311 e. The second-order valence-corrected chi connectivity index (χ2v) is 4.83. The Hall–Kier alpha value is -1.49. The van der Waals surface area contributed by atoms with E-state index >= 15 is 0 Å². The molecule has 0 bridgehead atoms. The van der Waals surface area contributed by atoms with Crippen molar-refractivity contribution in [2.45, 2.75) is 0 Å². The van der Waals surface area contributed by atoms with Gasteiger partial charge in [-0.1, -0.05) is 34.8 Å². The molecule has 2 rings (SSSR count). The van der Waals surface area contributed by atoms with Gasteiger partial charge in [0.1, 0.15) is 5.75 Å². The van der Waals surface area contributed by atoms with E-state index < -0.39 is 4.92 Å². The van der Waals surface area contributed by atoms with Gasteiger partial charge in [-0.05, 0) is 24.3 Å². The summed E-state index contributed by atoms with van der Waals surface area (Å²) < 4.78 is 5.42. The van der Waals surface area contributed by atoms with Crippen LogP contribution >= 0.6 is 34.8 Å². The highest BCUT2D eigenvalue weighted by Gasteiger charge is 2.17. The molecule has 0 aliphatic rings. The third-order valence-corrected chi connectivity index (χ3v) is 3.00. The molecular formula is C12H6Cl3NO3. The number of nitro benzene ring substituents is 1. The molecule has 0 aliphatic heterocycles. The van der Waals surface area contributed by atoms with Crippen molar-refractivity contribution < 1.29 is 9.66 Å². The van der Waals surface area contributed by atoms with Crippen LogP contribution in [0.15, 0.2) is 36.4 Å². The molecule has 0 atom stereocenters. The highest BCUT2D eigenvalue weighted by Crippen LogP contribution is 2.37. The van der Waals surface area contributed by atoms with Crippen LogP contribution < -0.4 is 4.74 Å². The van der Waals surface area contributed by atoms with Crippen molar-refractivity contribution >= 4 is 40.5 Å². The SMILES string of the molecule is O=[N+]([O-])c1ccc(Cl)cc1Oc1ccc(Cl)cc1Cl. The largest absolute Gasteiger partial charge is 0.449 e. The van der Waals surface area contributed by atoms with Crippen LogP contribution in [-0.2, 0) is 0 Å². The monoisotopic (exact) mass is 317 g/mol. The predicted molar refractivity (Wildman–Crippen MR) is 74.6 cm³/mol. The molecule has 0 spiro atoms. The molecule has 0 saturated carbocycles. The summed E-state index contributed by atoms with van der Waals surface area (Å²) in [6, 6.07) is 8.60. The molecule has 0 saturated heterocycles. The maximum atomic E-state index is 10.9. The lowest BCUT2D eigenvalue weighted by molar-refractivity contribution is -0.385. The highest BCUT2D eigenvalue weighted by atomic mass is 35.5. The molecule has 2 aromatic carbocycles. The zero-order valence-corrected chi connectivity index (χ0v) is 11.5. The van der Waals surface area contributed by atoms with Crippen LogP contribution in [0.5, 0.6) is 11.5 Å². The van der Waals surface area contributed by atoms with E-state index in [9.17, 15) is 10.1 Å². The predicted octanol–water partition coefficient (Wildman–Crippen LogP) is 5.35. The molecule has 0 fully saturated rings. The minimum atomic E-state index is -0.560. The Morgan fingerprint density at radius 1 is 0.947 bits per heavy atom. The first-order chi connectivity index (χ1) is 8.97. The third kappa shape index (κ3) is 3.29. The molecule has 4 nitrogen and oxygen atoms in total. The first-order valence-corrected chi connectivity index (χ1v) is 6.17. The van der Waals surface area contributed by atoms with Gasteiger partial charge in [0.05, 0.1) is 9.95 Å². The van der Waals surface area contributed by atoms with Gasteiger partial charge in [0, 0.05) is 22.2 Å².